The maximum Gasteiger partial charge on any atom is 0.141 e. The molecule has 11 heavy (non-hydrogen) atoms. The molecule has 1 aliphatic rings. The van der Waals surface area contributed by atoms with E-state index in [1.165, 1.54) is 6.92 Å². The van der Waals surface area contributed by atoms with Gasteiger partial charge in [-0.2, -0.15) is 5.26 Å². The summed E-state index contributed by atoms with van der Waals surface area (Å²) in [6, 6.07) is 2.10. The van der Waals surface area contributed by atoms with Crippen LogP contribution in [0.25, 0.3) is 0 Å². The molecule has 0 aromatic heterocycles. The Bertz CT molecular complexity index is 256. The maximum atomic E-state index is 9.63. The van der Waals surface area contributed by atoms with Crippen molar-refractivity contribution in [3.8, 4) is 18.4 Å². The number of aliphatic hydroxyl groups is 1. The van der Waals surface area contributed by atoms with E-state index in [1.54, 1.807) is 0 Å². The van der Waals surface area contributed by atoms with Crippen LogP contribution in [0.5, 0.6) is 0 Å². The lowest BCUT2D eigenvalue weighted by molar-refractivity contribution is 0.0616. The zero-order valence-electron chi connectivity index (χ0n) is 6.76. The summed E-state index contributed by atoms with van der Waals surface area (Å²) >= 11 is 0. The highest BCUT2D eigenvalue weighted by Gasteiger charge is 2.62. The van der Waals surface area contributed by atoms with E-state index in [-0.39, 0.29) is 5.92 Å². The van der Waals surface area contributed by atoms with Crippen LogP contribution in [0.4, 0.5) is 0 Å². The van der Waals surface area contributed by atoms with E-state index in [4.69, 9.17) is 11.7 Å². The maximum absolute atomic E-state index is 9.63. The van der Waals surface area contributed by atoms with Gasteiger partial charge in [0.2, 0.25) is 0 Å². The standard InChI is InChI=1S/C9H11NO/c1-4-8(3,11)9(6-10)5-7(9)2/h1,7,11H,5H2,2-3H3/t7-,8+,9-/m1/s1. The number of hydrogen-bond donors (Lipinski definition) is 1. The Balaban J connectivity index is 2.94. The third-order valence-corrected chi connectivity index (χ3v) is 2.66. The van der Waals surface area contributed by atoms with Gasteiger partial charge >= 0.3 is 0 Å². The van der Waals surface area contributed by atoms with Crippen molar-refractivity contribution in [2.75, 3.05) is 0 Å². The summed E-state index contributed by atoms with van der Waals surface area (Å²) in [4.78, 5) is 0. The van der Waals surface area contributed by atoms with Gasteiger partial charge in [-0.05, 0) is 19.3 Å². The molecule has 1 rings (SSSR count). The van der Waals surface area contributed by atoms with Gasteiger partial charge in [-0.1, -0.05) is 12.8 Å². The molecule has 0 radical (unpaired) electrons. The van der Waals surface area contributed by atoms with Gasteiger partial charge < -0.3 is 5.11 Å². The SMILES string of the molecule is C#C[C@](C)(O)[C@@]1(C#N)C[C@H]1C. The van der Waals surface area contributed by atoms with Crippen molar-refractivity contribution in [3.63, 3.8) is 0 Å². The van der Waals surface area contributed by atoms with Crippen LogP contribution in [0.15, 0.2) is 0 Å². The summed E-state index contributed by atoms with van der Waals surface area (Å²) < 4.78 is 0. The number of rotatable bonds is 1. The molecule has 2 nitrogen and oxygen atoms in total. The molecule has 58 valence electrons. The van der Waals surface area contributed by atoms with Crippen molar-refractivity contribution in [1.29, 1.82) is 5.26 Å². The Kier molecular flexibility index (Phi) is 1.47. The molecule has 2 heteroatoms. The molecule has 0 aromatic carbocycles. The molecule has 1 fully saturated rings. The topological polar surface area (TPSA) is 44.0 Å². The molecule has 0 heterocycles. The minimum atomic E-state index is -1.26. The molecular weight excluding hydrogens is 138 g/mol. The lowest BCUT2D eigenvalue weighted by Gasteiger charge is -2.22. The minimum absolute atomic E-state index is 0.221. The predicted molar refractivity (Wildman–Crippen MR) is 41.3 cm³/mol. The normalized spacial score (nSPS) is 39.9. The summed E-state index contributed by atoms with van der Waals surface area (Å²) in [6.07, 6.45) is 5.83. The Labute approximate surface area is 66.8 Å². The fourth-order valence-electron chi connectivity index (χ4n) is 1.50. The zero-order chi connectivity index (χ0) is 8.70. The highest BCUT2D eigenvalue weighted by Crippen LogP contribution is 2.58. The molecule has 0 unspecified atom stereocenters. The van der Waals surface area contributed by atoms with Crippen molar-refractivity contribution in [1.82, 2.24) is 0 Å². The first kappa shape index (κ1) is 8.11. The van der Waals surface area contributed by atoms with Gasteiger partial charge in [-0.25, -0.2) is 0 Å². The van der Waals surface area contributed by atoms with Crippen LogP contribution in [0.2, 0.25) is 0 Å². The first-order valence-corrected chi connectivity index (χ1v) is 3.61. The molecule has 0 amide bonds. The Morgan fingerprint density at radius 2 is 2.27 bits per heavy atom. The van der Waals surface area contributed by atoms with Crippen LogP contribution >= 0.6 is 0 Å². The van der Waals surface area contributed by atoms with E-state index in [2.05, 4.69) is 12.0 Å². The van der Waals surface area contributed by atoms with Gasteiger partial charge in [-0.3, -0.25) is 0 Å². The van der Waals surface area contributed by atoms with Gasteiger partial charge in [0.25, 0.3) is 0 Å². The van der Waals surface area contributed by atoms with E-state index in [0.29, 0.717) is 6.42 Å². The summed E-state index contributed by atoms with van der Waals surface area (Å²) in [6.45, 7) is 3.45. The van der Waals surface area contributed by atoms with E-state index < -0.39 is 11.0 Å². The van der Waals surface area contributed by atoms with Gasteiger partial charge in [0, 0.05) is 0 Å². The van der Waals surface area contributed by atoms with Crippen LogP contribution in [0.1, 0.15) is 20.3 Å². The van der Waals surface area contributed by atoms with Crippen LogP contribution in [-0.4, -0.2) is 10.7 Å². The molecule has 0 aromatic rings. The fraction of sp³-hybridized carbons (Fsp3) is 0.667. The van der Waals surface area contributed by atoms with E-state index in [9.17, 15) is 5.11 Å². The molecule has 0 saturated heterocycles. The van der Waals surface area contributed by atoms with Crippen LogP contribution in [0.3, 0.4) is 0 Å². The van der Waals surface area contributed by atoms with Crippen LogP contribution < -0.4 is 0 Å². The summed E-state index contributed by atoms with van der Waals surface area (Å²) in [5, 5.41) is 18.4. The minimum Gasteiger partial charge on any atom is -0.376 e. The number of terminal acetylenes is 1. The van der Waals surface area contributed by atoms with E-state index in [0.717, 1.165) is 0 Å². The summed E-state index contributed by atoms with van der Waals surface area (Å²) in [5.74, 6) is 2.48. The van der Waals surface area contributed by atoms with Gasteiger partial charge in [0.15, 0.2) is 0 Å². The van der Waals surface area contributed by atoms with Gasteiger partial charge in [-0.15, -0.1) is 6.42 Å². The molecule has 0 spiro atoms. The lowest BCUT2D eigenvalue weighted by atomic mass is 9.86. The molecule has 0 aliphatic heterocycles. The first-order chi connectivity index (χ1) is 5.00. The highest BCUT2D eigenvalue weighted by atomic mass is 16.3. The third kappa shape index (κ3) is 0.836. The number of hydrogen-bond acceptors (Lipinski definition) is 2. The molecule has 0 bridgehead atoms. The first-order valence-electron chi connectivity index (χ1n) is 3.61. The van der Waals surface area contributed by atoms with Crippen molar-refractivity contribution in [2.24, 2.45) is 11.3 Å². The van der Waals surface area contributed by atoms with Crippen molar-refractivity contribution < 1.29 is 5.11 Å². The van der Waals surface area contributed by atoms with Crippen LogP contribution in [-0.2, 0) is 0 Å². The average molecular weight is 149 g/mol. The summed E-state index contributed by atoms with van der Waals surface area (Å²) in [5.41, 5.74) is -1.94. The van der Waals surface area contributed by atoms with Crippen molar-refractivity contribution >= 4 is 0 Å². The monoisotopic (exact) mass is 149 g/mol. The molecule has 1 saturated carbocycles. The molecule has 1 N–H and O–H groups in total. The third-order valence-electron chi connectivity index (χ3n) is 2.66. The number of nitriles is 1. The second-order valence-electron chi connectivity index (χ2n) is 3.40. The highest BCUT2D eigenvalue weighted by molar-refractivity contribution is 5.30. The second-order valence-corrected chi connectivity index (χ2v) is 3.40. The zero-order valence-corrected chi connectivity index (χ0v) is 6.76. The summed E-state index contributed by atoms with van der Waals surface area (Å²) in [7, 11) is 0. The average Bonchev–Trinajstić information content (AvgIpc) is 2.63. The fourth-order valence-corrected chi connectivity index (χ4v) is 1.50. The molecule has 3 atom stereocenters. The molecule has 1 aliphatic carbocycles. The van der Waals surface area contributed by atoms with E-state index >= 15 is 0 Å². The largest absolute Gasteiger partial charge is 0.376 e. The van der Waals surface area contributed by atoms with E-state index in [1.807, 2.05) is 6.92 Å². The van der Waals surface area contributed by atoms with Gasteiger partial charge in [0.1, 0.15) is 5.60 Å². The quantitative estimate of drug-likeness (QED) is 0.563. The Morgan fingerprint density at radius 3 is 2.36 bits per heavy atom. The predicted octanol–water partition coefficient (Wildman–Crippen LogP) is 0.920. The van der Waals surface area contributed by atoms with Crippen molar-refractivity contribution in [3.05, 3.63) is 0 Å². The smallest absolute Gasteiger partial charge is 0.141 e. The molecular formula is C9H11NO. The van der Waals surface area contributed by atoms with Crippen LogP contribution in [0, 0.1) is 35.0 Å². The Morgan fingerprint density at radius 1 is 1.82 bits per heavy atom. The second kappa shape index (κ2) is 2.00. The van der Waals surface area contributed by atoms with Crippen molar-refractivity contribution in [2.45, 2.75) is 25.9 Å². The Hall–Kier alpha value is -0.990. The van der Waals surface area contributed by atoms with Gasteiger partial charge in [0.05, 0.1) is 11.5 Å². The number of nitrogens with zero attached hydrogens (tertiary/aromatic N) is 1. The lowest BCUT2D eigenvalue weighted by Crippen LogP contribution is -2.34.